The molecule has 118 valence electrons. The molecule has 1 aliphatic heterocycles. The third-order valence-electron chi connectivity index (χ3n) is 4.60. The second kappa shape index (κ2) is 7.56. The Labute approximate surface area is 133 Å². The molecule has 2 N–H and O–H groups in total. The van der Waals surface area contributed by atoms with Crippen molar-refractivity contribution in [3.63, 3.8) is 0 Å². The monoisotopic (exact) mass is 298 g/mol. The highest BCUT2D eigenvalue weighted by molar-refractivity contribution is 5.27. The van der Waals surface area contributed by atoms with Gasteiger partial charge in [0.25, 0.3) is 0 Å². The topological polar surface area (TPSA) is 44.0 Å². The minimum atomic E-state index is 0.706. The molecule has 1 aromatic carbocycles. The van der Waals surface area contributed by atoms with Gasteiger partial charge in [0.2, 0.25) is 0 Å². The number of aromatic amines is 1. The summed E-state index contributed by atoms with van der Waals surface area (Å²) in [5.74, 6) is 0.988. The summed E-state index contributed by atoms with van der Waals surface area (Å²) in [5, 5.41) is 3.48. The van der Waals surface area contributed by atoms with Gasteiger partial charge in [0.1, 0.15) is 5.82 Å². The third kappa shape index (κ3) is 3.96. The van der Waals surface area contributed by atoms with Crippen LogP contribution in [0.5, 0.6) is 0 Å². The van der Waals surface area contributed by atoms with Crippen molar-refractivity contribution < 1.29 is 0 Å². The first-order chi connectivity index (χ1) is 10.8. The molecule has 0 spiro atoms. The van der Waals surface area contributed by atoms with Crippen molar-refractivity contribution in [2.45, 2.75) is 51.9 Å². The lowest BCUT2D eigenvalue weighted by molar-refractivity contribution is 0.152. The van der Waals surface area contributed by atoms with Gasteiger partial charge in [0.05, 0.1) is 6.54 Å². The van der Waals surface area contributed by atoms with Crippen molar-refractivity contribution in [1.82, 2.24) is 20.2 Å². The predicted octanol–water partition coefficient (Wildman–Crippen LogP) is 3.07. The Kier molecular flexibility index (Phi) is 5.24. The Hall–Kier alpha value is -1.65. The maximum absolute atomic E-state index is 4.25. The molecule has 1 atom stereocenters. The molecule has 1 aromatic heterocycles. The molecule has 0 saturated carbocycles. The van der Waals surface area contributed by atoms with E-state index in [0.29, 0.717) is 6.04 Å². The number of imidazole rings is 1. The number of rotatable bonds is 6. The van der Waals surface area contributed by atoms with Gasteiger partial charge in [0, 0.05) is 31.5 Å². The van der Waals surface area contributed by atoms with E-state index in [1.807, 2.05) is 6.20 Å². The summed E-state index contributed by atoms with van der Waals surface area (Å²) in [5.41, 5.74) is 2.84. The lowest BCUT2D eigenvalue weighted by Gasteiger charge is -2.33. The van der Waals surface area contributed by atoms with Crippen LogP contribution in [0, 0.1) is 0 Å². The molecule has 22 heavy (non-hydrogen) atoms. The van der Waals surface area contributed by atoms with Crippen LogP contribution in [-0.4, -0.2) is 27.5 Å². The van der Waals surface area contributed by atoms with E-state index in [4.69, 9.17) is 0 Å². The minimum absolute atomic E-state index is 0.706. The number of likely N-dealkylation sites (tertiary alicyclic amines) is 1. The molecule has 2 heterocycles. The van der Waals surface area contributed by atoms with Crippen LogP contribution in [0.1, 0.15) is 43.1 Å². The van der Waals surface area contributed by atoms with Gasteiger partial charge in [-0.3, -0.25) is 4.90 Å². The maximum atomic E-state index is 4.25. The van der Waals surface area contributed by atoms with Crippen molar-refractivity contribution in [1.29, 1.82) is 0 Å². The molecule has 0 radical (unpaired) electrons. The van der Waals surface area contributed by atoms with Gasteiger partial charge in [-0.1, -0.05) is 30.7 Å². The molecule has 0 amide bonds. The van der Waals surface area contributed by atoms with Gasteiger partial charge in [-0.2, -0.15) is 0 Å². The number of nitrogens with one attached hydrogen (secondary N) is 2. The molecule has 4 nitrogen and oxygen atoms in total. The van der Waals surface area contributed by atoms with E-state index >= 15 is 0 Å². The van der Waals surface area contributed by atoms with Crippen LogP contribution >= 0.6 is 0 Å². The van der Waals surface area contributed by atoms with E-state index in [0.717, 1.165) is 25.5 Å². The van der Waals surface area contributed by atoms with E-state index < -0.39 is 0 Å². The molecular weight excluding hydrogens is 272 g/mol. The van der Waals surface area contributed by atoms with Crippen molar-refractivity contribution >= 4 is 0 Å². The SMILES string of the molecule is CC1CCCCN1Cc1ccccc1CNCc1ncc[nH]1. The molecule has 1 unspecified atom stereocenters. The summed E-state index contributed by atoms with van der Waals surface area (Å²) in [7, 11) is 0. The summed E-state index contributed by atoms with van der Waals surface area (Å²) in [4.78, 5) is 9.99. The number of H-pyrrole nitrogens is 1. The largest absolute Gasteiger partial charge is 0.348 e. The standard InChI is InChI=1S/C18H26N4/c1-15-6-4-5-11-22(15)14-17-8-3-2-7-16(17)12-19-13-18-20-9-10-21-18/h2-3,7-10,15,19H,4-6,11-14H2,1H3,(H,20,21). The van der Waals surface area contributed by atoms with E-state index in [-0.39, 0.29) is 0 Å². The molecular formula is C18H26N4. The first-order valence-electron chi connectivity index (χ1n) is 8.33. The lowest BCUT2D eigenvalue weighted by atomic mass is 10.0. The van der Waals surface area contributed by atoms with Crippen LogP contribution in [0.15, 0.2) is 36.7 Å². The fourth-order valence-corrected chi connectivity index (χ4v) is 3.21. The Morgan fingerprint density at radius 2 is 2.09 bits per heavy atom. The van der Waals surface area contributed by atoms with Crippen LogP contribution in [0.4, 0.5) is 0 Å². The number of hydrogen-bond donors (Lipinski definition) is 2. The Morgan fingerprint density at radius 3 is 2.86 bits per heavy atom. The molecule has 0 aliphatic carbocycles. The number of piperidine rings is 1. The average molecular weight is 298 g/mol. The second-order valence-corrected chi connectivity index (χ2v) is 6.22. The predicted molar refractivity (Wildman–Crippen MR) is 89.3 cm³/mol. The maximum Gasteiger partial charge on any atom is 0.120 e. The van der Waals surface area contributed by atoms with Crippen LogP contribution in [0.25, 0.3) is 0 Å². The van der Waals surface area contributed by atoms with E-state index in [1.54, 1.807) is 6.20 Å². The van der Waals surface area contributed by atoms with Gasteiger partial charge >= 0.3 is 0 Å². The van der Waals surface area contributed by atoms with Crippen LogP contribution in [-0.2, 0) is 19.6 Å². The van der Waals surface area contributed by atoms with Crippen molar-refractivity contribution in [2.75, 3.05) is 6.54 Å². The first kappa shape index (κ1) is 15.3. The molecule has 3 rings (SSSR count). The molecule has 1 aliphatic rings. The lowest BCUT2D eigenvalue weighted by Crippen LogP contribution is -2.37. The van der Waals surface area contributed by atoms with Gasteiger partial charge in [-0.25, -0.2) is 4.98 Å². The van der Waals surface area contributed by atoms with Gasteiger partial charge in [-0.05, 0) is 37.4 Å². The molecule has 4 heteroatoms. The highest BCUT2D eigenvalue weighted by Gasteiger charge is 2.18. The minimum Gasteiger partial charge on any atom is -0.348 e. The van der Waals surface area contributed by atoms with Crippen molar-refractivity contribution in [3.05, 3.63) is 53.6 Å². The highest BCUT2D eigenvalue weighted by Crippen LogP contribution is 2.20. The van der Waals surface area contributed by atoms with Crippen LogP contribution < -0.4 is 5.32 Å². The Bertz CT molecular complexity index is 564. The summed E-state index contributed by atoms with van der Waals surface area (Å²) < 4.78 is 0. The molecule has 1 fully saturated rings. The average Bonchev–Trinajstić information content (AvgIpc) is 3.04. The van der Waals surface area contributed by atoms with Gasteiger partial charge in [-0.15, -0.1) is 0 Å². The fourth-order valence-electron chi connectivity index (χ4n) is 3.21. The number of nitrogens with zero attached hydrogens (tertiary/aromatic N) is 2. The summed E-state index contributed by atoms with van der Waals surface area (Å²) in [6.07, 6.45) is 7.71. The summed E-state index contributed by atoms with van der Waals surface area (Å²) in [6, 6.07) is 9.50. The summed E-state index contributed by atoms with van der Waals surface area (Å²) in [6.45, 7) is 6.33. The van der Waals surface area contributed by atoms with E-state index in [9.17, 15) is 0 Å². The smallest absolute Gasteiger partial charge is 0.120 e. The number of aromatic nitrogens is 2. The van der Waals surface area contributed by atoms with E-state index in [1.165, 1.54) is 36.9 Å². The fraction of sp³-hybridized carbons (Fsp3) is 0.500. The number of benzene rings is 1. The Balaban J connectivity index is 1.59. The zero-order valence-corrected chi connectivity index (χ0v) is 13.4. The molecule has 0 bridgehead atoms. The first-order valence-corrected chi connectivity index (χ1v) is 8.33. The van der Waals surface area contributed by atoms with Crippen LogP contribution in [0.3, 0.4) is 0 Å². The normalized spacial score (nSPS) is 19.4. The van der Waals surface area contributed by atoms with Gasteiger partial charge in [0.15, 0.2) is 0 Å². The molecule has 1 saturated heterocycles. The van der Waals surface area contributed by atoms with Crippen molar-refractivity contribution in [3.8, 4) is 0 Å². The van der Waals surface area contributed by atoms with Gasteiger partial charge < -0.3 is 10.3 Å². The van der Waals surface area contributed by atoms with Crippen LogP contribution in [0.2, 0.25) is 0 Å². The summed E-state index contributed by atoms with van der Waals surface area (Å²) >= 11 is 0. The zero-order valence-electron chi connectivity index (χ0n) is 13.4. The molecule has 2 aromatic rings. The Morgan fingerprint density at radius 1 is 1.23 bits per heavy atom. The highest BCUT2D eigenvalue weighted by atomic mass is 15.2. The van der Waals surface area contributed by atoms with Crippen molar-refractivity contribution in [2.24, 2.45) is 0 Å². The quantitative estimate of drug-likeness (QED) is 0.861. The van der Waals surface area contributed by atoms with E-state index in [2.05, 4.69) is 51.4 Å². The number of hydrogen-bond acceptors (Lipinski definition) is 3. The third-order valence-corrected chi connectivity index (χ3v) is 4.60. The second-order valence-electron chi connectivity index (χ2n) is 6.22. The zero-order chi connectivity index (χ0) is 15.2.